The molecule has 1 saturated carbocycles. The monoisotopic (exact) mass is 248 g/mol. The van der Waals surface area contributed by atoms with Gasteiger partial charge in [-0.1, -0.05) is 19.8 Å². The van der Waals surface area contributed by atoms with Gasteiger partial charge in [0.2, 0.25) is 0 Å². The van der Waals surface area contributed by atoms with E-state index in [4.69, 9.17) is 0 Å². The van der Waals surface area contributed by atoms with Crippen LogP contribution in [-0.4, -0.2) is 21.3 Å². The van der Waals surface area contributed by atoms with Crippen LogP contribution in [0.3, 0.4) is 0 Å². The molecule has 4 nitrogen and oxygen atoms in total. The molecule has 2 atom stereocenters. The Labute approximate surface area is 107 Å². The maximum atomic E-state index is 12.3. The van der Waals surface area contributed by atoms with Crippen LogP contribution in [-0.2, 0) is 11.8 Å². The molecule has 1 fully saturated rings. The fraction of sp³-hybridized carbons (Fsp3) is 0.643. The molecule has 1 aliphatic rings. The van der Waals surface area contributed by atoms with Crippen molar-refractivity contribution < 1.29 is 9.59 Å². The van der Waals surface area contributed by atoms with Gasteiger partial charge in [-0.15, -0.1) is 0 Å². The van der Waals surface area contributed by atoms with E-state index in [1.807, 2.05) is 0 Å². The SMILES string of the molecule is CCCC1CCC(=O)C(C(=O)c2ccn(C)n2)C1. The maximum Gasteiger partial charge on any atom is 0.193 e. The first-order valence-corrected chi connectivity index (χ1v) is 6.68. The minimum absolute atomic E-state index is 0.0954. The number of hydrogen-bond donors (Lipinski definition) is 0. The van der Waals surface area contributed by atoms with E-state index in [2.05, 4.69) is 12.0 Å². The standard InChI is InChI=1S/C14H20N2O2/c1-3-4-10-5-6-13(17)11(9-10)14(18)12-7-8-16(2)15-12/h7-8,10-11H,3-6,9H2,1-2H3. The number of carbonyl (C=O) groups excluding carboxylic acids is 2. The molecule has 0 amide bonds. The topological polar surface area (TPSA) is 52.0 Å². The van der Waals surface area contributed by atoms with Gasteiger partial charge in [0, 0.05) is 19.7 Å². The lowest BCUT2D eigenvalue weighted by molar-refractivity contribution is -0.124. The zero-order valence-electron chi connectivity index (χ0n) is 11.1. The van der Waals surface area contributed by atoms with Gasteiger partial charge in [0.1, 0.15) is 11.5 Å². The van der Waals surface area contributed by atoms with Gasteiger partial charge in [-0.25, -0.2) is 0 Å². The molecule has 98 valence electrons. The molecule has 2 rings (SSSR count). The van der Waals surface area contributed by atoms with E-state index in [0.29, 0.717) is 24.5 Å². The molecular weight excluding hydrogens is 228 g/mol. The number of aryl methyl sites for hydroxylation is 1. The summed E-state index contributed by atoms with van der Waals surface area (Å²) < 4.78 is 1.60. The summed E-state index contributed by atoms with van der Waals surface area (Å²) in [6.07, 6.45) is 6.17. The Morgan fingerprint density at radius 2 is 2.33 bits per heavy atom. The van der Waals surface area contributed by atoms with Gasteiger partial charge in [0.25, 0.3) is 0 Å². The molecule has 1 aromatic rings. The van der Waals surface area contributed by atoms with Gasteiger partial charge in [-0.2, -0.15) is 5.10 Å². The maximum absolute atomic E-state index is 12.3. The van der Waals surface area contributed by atoms with Crippen LogP contribution < -0.4 is 0 Å². The summed E-state index contributed by atoms with van der Waals surface area (Å²) in [7, 11) is 1.78. The van der Waals surface area contributed by atoms with E-state index in [9.17, 15) is 9.59 Å². The van der Waals surface area contributed by atoms with Crippen molar-refractivity contribution in [2.24, 2.45) is 18.9 Å². The number of ketones is 2. The summed E-state index contributed by atoms with van der Waals surface area (Å²) in [6, 6.07) is 1.69. The molecule has 0 N–H and O–H groups in total. The lowest BCUT2D eigenvalue weighted by Gasteiger charge is -2.26. The van der Waals surface area contributed by atoms with Gasteiger partial charge < -0.3 is 0 Å². The van der Waals surface area contributed by atoms with Gasteiger partial charge >= 0.3 is 0 Å². The molecule has 0 aliphatic heterocycles. The lowest BCUT2D eigenvalue weighted by Crippen LogP contribution is -2.31. The van der Waals surface area contributed by atoms with E-state index in [0.717, 1.165) is 19.3 Å². The van der Waals surface area contributed by atoms with E-state index in [1.54, 1.807) is 24.0 Å². The highest BCUT2D eigenvalue weighted by atomic mass is 16.2. The van der Waals surface area contributed by atoms with Crippen molar-refractivity contribution in [1.29, 1.82) is 0 Å². The van der Waals surface area contributed by atoms with Crippen LogP contribution in [0.15, 0.2) is 12.3 Å². The molecule has 0 saturated heterocycles. The zero-order valence-corrected chi connectivity index (χ0v) is 11.1. The highest BCUT2D eigenvalue weighted by molar-refractivity contribution is 6.10. The van der Waals surface area contributed by atoms with Crippen molar-refractivity contribution in [3.8, 4) is 0 Å². The number of carbonyl (C=O) groups is 2. The number of aromatic nitrogens is 2. The van der Waals surface area contributed by atoms with Gasteiger partial charge in [-0.05, 0) is 24.8 Å². The Kier molecular flexibility index (Phi) is 3.94. The second-order valence-corrected chi connectivity index (χ2v) is 5.19. The zero-order chi connectivity index (χ0) is 13.1. The molecule has 0 radical (unpaired) electrons. The summed E-state index contributed by atoms with van der Waals surface area (Å²) >= 11 is 0. The summed E-state index contributed by atoms with van der Waals surface area (Å²) in [5, 5.41) is 4.11. The Bertz CT molecular complexity index is 450. The number of Topliss-reactive ketones (excluding diaryl/α,β-unsaturated/α-hetero) is 2. The molecule has 18 heavy (non-hydrogen) atoms. The van der Waals surface area contributed by atoms with Gasteiger partial charge in [-0.3, -0.25) is 14.3 Å². The van der Waals surface area contributed by atoms with Crippen molar-refractivity contribution in [2.75, 3.05) is 0 Å². The summed E-state index contributed by atoms with van der Waals surface area (Å²) in [4.78, 5) is 24.2. The first-order chi connectivity index (χ1) is 8.61. The van der Waals surface area contributed by atoms with Crippen LogP contribution in [0.5, 0.6) is 0 Å². The lowest BCUT2D eigenvalue weighted by atomic mass is 9.76. The minimum Gasteiger partial charge on any atom is -0.299 e. The normalized spacial score (nSPS) is 24.2. The van der Waals surface area contributed by atoms with Crippen LogP contribution >= 0.6 is 0 Å². The molecular formula is C14H20N2O2. The first kappa shape index (κ1) is 13.0. The molecule has 1 aliphatic carbocycles. The Morgan fingerprint density at radius 3 is 2.94 bits per heavy atom. The summed E-state index contributed by atoms with van der Waals surface area (Å²) in [5.74, 6) is 0.0648. The van der Waals surface area contributed by atoms with Crippen LogP contribution in [0, 0.1) is 11.8 Å². The fourth-order valence-corrected chi connectivity index (χ4v) is 2.75. The molecule has 2 unspecified atom stereocenters. The van der Waals surface area contributed by atoms with Crippen molar-refractivity contribution in [3.05, 3.63) is 18.0 Å². The first-order valence-electron chi connectivity index (χ1n) is 6.68. The second-order valence-electron chi connectivity index (χ2n) is 5.19. The Morgan fingerprint density at radius 1 is 1.56 bits per heavy atom. The number of rotatable bonds is 4. The molecule has 1 heterocycles. The van der Waals surface area contributed by atoms with Crippen molar-refractivity contribution in [1.82, 2.24) is 9.78 Å². The number of hydrogen-bond acceptors (Lipinski definition) is 3. The van der Waals surface area contributed by atoms with Crippen molar-refractivity contribution >= 4 is 11.6 Å². The highest BCUT2D eigenvalue weighted by Crippen LogP contribution is 2.31. The predicted molar refractivity (Wildman–Crippen MR) is 68.3 cm³/mol. The van der Waals surface area contributed by atoms with Gasteiger partial charge in [0.05, 0.1) is 5.92 Å². The van der Waals surface area contributed by atoms with Crippen LogP contribution in [0.2, 0.25) is 0 Å². The van der Waals surface area contributed by atoms with Crippen molar-refractivity contribution in [2.45, 2.75) is 39.0 Å². The Hall–Kier alpha value is -1.45. The predicted octanol–water partition coefficient (Wildman–Crippen LogP) is 2.39. The van der Waals surface area contributed by atoms with Gasteiger partial charge in [0.15, 0.2) is 5.78 Å². The van der Waals surface area contributed by atoms with E-state index in [-0.39, 0.29) is 11.6 Å². The summed E-state index contributed by atoms with van der Waals surface area (Å²) in [6.45, 7) is 2.14. The molecule has 0 aromatic carbocycles. The van der Waals surface area contributed by atoms with E-state index in [1.165, 1.54) is 0 Å². The molecule has 1 aromatic heterocycles. The minimum atomic E-state index is -0.454. The summed E-state index contributed by atoms with van der Waals surface area (Å²) in [5.41, 5.74) is 0.424. The highest BCUT2D eigenvalue weighted by Gasteiger charge is 2.34. The largest absolute Gasteiger partial charge is 0.299 e. The van der Waals surface area contributed by atoms with Crippen LogP contribution in [0.4, 0.5) is 0 Å². The second kappa shape index (κ2) is 5.46. The quantitative estimate of drug-likeness (QED) is 0.607. The third-order valence-electron chi connectivity index (χ3n) is 3.74. The fourth-order valence-electron chi connectivity index (χ4n) is 2.75. The third-order valence-corrected chi connectivity index (χ3v) is 3.74. The van der Waals surface area contributed by atoms with Crippen molar-refractivity contribution in [3.63, 3.8) is 0 Å². The van der Waals surface area contributed by atoms with E-state index < -0.39 is 5.92 Å². The molecule has 0 bridgehead atoms. The average molecular weight is 248 g/mol. The van der Waals surface area contributed by atoms with Crippen LogP contribution in [0.25, 0.3) is 0 Å². The third kappa shape index (κ3) is 2.68. The molecule has 4 heteroatoms. The molecule has 0 spiro atoms. The smallest absolute Gasteiger partial charge is 0.193 e. The van der Waals surface area contributed by atoms with E-state index >= 15 is 0 Å². The number of nitrogens with zero attached hydrogens (tertiary/aromatic N) is 2. The average Bonchev–Trinajstić information content (AvgIpc) is 2.78. The Balaban J connectivity index is 2.10. The van der Waals surface area contributed by atoms with Crippen LogP contribution in [0.1, 0.15) is 49.5 Å².